The second kappa shape index (κ2) is 14.0. The van der Waals surface area contributed by atoms with Crippen LogP contribution in [0.25, 0.3) is 0 Å². The predicted octanol–water partition coefficient (Wildman–Crippen LogP) is 7.30. The van der Waals surface area contributed by atoms with Gasteiger partial charge in [0, 0.05) is 7.11 Å². The first-order valence-electron chi connectivity index (χ1n) is 13.9. The minimum atomic E-state index is -4.17. The lowest BCUT2D eigenvalue weighted by molar-refractivity contribution is -0.283. The fraction of sp³-hybridized carbons (Fsp3) is 0.571. The van der Waals surface area contributed by atoms with Crippen LogP contribution in [0.1, 0.15) is 0 Å². The number of hydrogen-bond donors (Lipinski definition) is 0. The Balaban J connectivity index is 1.96. The van der Waals surface area contributed by atoms with Crippen LogP contribution in [0, 0.1) is 0 Å². The summed E-state index contributed by atoms with van der Waals surface area (Å²) in [5.74, 6) is 0.703. The number of methoxy groups -OCH3 is 1. The minimum Gasteiger partial charge on any atom is -0.409 e. The van der Waals surface area contributed by atoms with Crippen LogP contribution in [0.15, 0.2) is 60.7 Å². The number of para-hydroxylation sites is 2. The quantitative estimate of drug-likeness (QED) is 0.156. The summed E-state index contributed by atoms with van der Waals surface area (Å²) in [6.45, 7) is 18.9. The number of ether oxygens (including phenoxy) is 2. The molecule has 1 aliphatic rings. The molecule has 0 amide bonds. The van der Waals surface area contributed by atoms with Gasteiger partial charge in [-0.05, 0) is 83.2 Å². The third-order valence-electron chi connectivity index (χ3n) is 5.61. The molecule has 9 nitrogen and oxygen atoms in total. The Hall–Kier alpha value is -1.32. The monoisotopic (exact) mass is 642 g/mol. The SMILES string of the molecule is CO[C@@H]1O[C@H](COP(=O)(Oc2ccccc2)Oc2ccccc2)[C@@H](O[Si](C)(C)C)[C@H](O[Si](C)(C)C)[C@H]1O[Si](C)(C)C. The lowest BCUT2D eigenvalue weighted by atomic mass is 9.99. The highest BCUT2D eigenvalue weighted by Crippen LogP contribution is 2.50. The molecule has 0 aliphatic carbocycles. The summed E-state index contributed by atoms with van der Waals surface area (Å²) in [6.07, 6.45) is -3.02. The van der Waals surface area contributed by atoms with Crippen molar-refractivity contribution in [2.75, 3.05) is 13.7 Å². The van der Waals surface area contributed by atoms with E-state index in [0.717, 1.165) is 0 Å². The zero-order valence-electron chi connectivity index (χ0n) is 26.0. The van der Waals surface area contributed by atoms with E-state index in [-0.39, 0.29) is 6.61 Å². The Morgan fingerprint density at radius 1 is 0.659 bits per heavy atom. The van der Waals surface area contributed by atoms with E-state index in [0.29, 0.717) is 11.5 Å². The van der Waals surface area contributed by atoms with Crippen molar-refractivity contribution < 1.29 is 40.9 Å². The van der Waals surface area contributed by atoms with Gasteiger partial charge in [-0.2, -0.15) is 0 Å². The largest absolute Gasteiger partial charge is 0.587 e. The summed E-state index contributed by atoms with van der Waals surface area (Å²) < 4.78 is 64.1. The molecule has 13 heteroatoms. The molecule has 0 unspecified atom stereocenters. The van der Waals surface area contributed by atoms with Gasteiger partial charge in [0.1, 0.15) is 35.9 Å². The van der Waals surface area contributed by atoms with Crippen LogP contribution in [-0.4, -0.2) is 69.4 Å². The maximum atomic E-state index is 14.1. The van der Waals surface area contributed by atoms with Gasteiger partial charge < -0.3 is 31.8 Å². The van der Waals surface area contributed by atoms with Crippen LogP contribution in [0.5, 0.6) is 11.5 Å². The summed E-state index contributed by atoms with van der Waals surface area (Å²) >= 11 is 0. The number of phosphoric ester groups is 1. The molecular formula is C28H47O9PSi3. The third kappa shape index (κ3) is 11.4. The fourth-order valence-electron chi connectivity index (χ4n) is 4.29. The molecule has 0 radical (unpaired) electrons. The van der Waals surface area contributed by atoms with Gasteiger partial charge >= 0.3 is 7.82 Å². The zero-order valence-corrected chi connectivity index (χ0v) is 29.9. The topological polar surface area (TPSA) is 90.9 Å². The fourth-order valence-corrected chi connectivity index (χ4v) is 8.77. The van der Waals surface area contributed by atoms with E-state index < -0.39 is 63.5 Å². The van der Waals surface area contributed by atoms with E-state index in [4.69, 9.17) is 36.3 Å². The summed E-state index contributed by atoms with van der Waals surface area (Å²) in [7, 11) is -8.87. The first-order valence-corrected chi connectivity index (χ1v) is 25.6. The van der Waals surface area contributed by atoms with Crippen LogP contribution in [-0.2, 0) is 31.8 Å². The van der Waals surface area contributed by atoms with E-state index in [1.807, 2.05) is 12.1 Å². The van der Waals surface area contributed by atoms with Crippen molar-refractivity contribution in [3.8, 4) is 11.5 Å². The van der Waals surface area contributed by atoms with Crippen molar-refractivity contribution in [1.82, 2.24) is 0 Å². The molecule has 1 aliphatic heterocycles. The van der Waals surface area contributed by atoms with Crippen molar-refractivity contribution in [3.63, 3.8) is 0 Å². The standard InChI is InChI=1S/C28H47O9PSi3/c1-30-28-27(37-41(8,9)10)26(36-40(5,6)7)25(35-39(2,3)4)24(32-28)21-31-38(29,33-22-17-13-11-14-18-22)34-23-19-15-12-16-20-23/h11-20,24-28H,21H2,1-10H3/t24-,25-,26+,27-,28-/m1/s1. The zero-order chi connectivity index (χ0) is 30.5. The van der Waals surface area contributed by atoms with Crippen LogP contribution in [0.2, 0.25) is 58.9 Å². The molecule has 2 aromatic rings. The van der Waals surface area contributed by atoms with E-state index in [2.05, 4.69) is 58.9 Å². The van der Waals surface area contributed by atoms with Crippen LogP contribution in [0.4, 0.5) is 0 Å². The van der Waals surface area contributed by atoms with Gasteiger partial charge in [-0.15, -0.1) is 0 Å². The molecule has 2 aromatic carbocycles. The Bertz CT molecular complexity index is 1080. The molecule has 1 fully saturated rings. The first kappa shape index (κ1) is 34.2. The van der Waals surface area contributed by atoms with Crippen molar-refractivity contribution in [3.05, 3.63) is 60.7 Å². The molecule has 0 spiro atoms. The predicted molar refractivity (Wildman–Crippen MR) is 168 cm³/mol. The van der Waals surface area contributed by atoms with Gasteiger partial charge in [0.25, 0.3) is 0 Å². The molecule has 5 atom stereocenters. The molecule has 1 saturated heterocycles. The molecule has 1 heterocycles. The van der Waals surface area contributed by atoms with Gasteiger partial charge in [0.05, 0.1) is 6.61 Å². The average Bonchev–Trinajstić information content (AvgIpc) is 2.84. The second-order valence-electron chi connectivity index (χ2n) is 12.9. The Kier molecular flexibility index (Phi) is 11.7. The summed E-state index contributed by atoms with van der Waals surface area (Å²) in [4.78, 5) is 0. The highest BCUT2D eigenvalue weighted by atomic mass is 31.2. The Morgan fingerprint density at radius 3 is 1.49 bits per heavy atom. The average molecular weight is 643 g/mol. The van der Waals surface area contributed by atoms with Crippen molar-refractivity contribution in [1.29, 1.82) is 0 Å². The van der Waals surface area contributed by atoms with Gasteiger partial charge in [-0.3, -0.25) is 4.52 Å². The molecular weight excluding hydrogens is 596 g/mol. The lowest BCUT2D eigenvalue weighted by Gasteiger charge is -2.50. The summed E-state index contributed by atoms with van der Waals surface area (Å²) in [5.41, 5.74) is 0. The molecule has 230 valence electrons. The number of hydrogen-bond acceptors (Lipinski definition) is 9. The van der Waals surface area contributed by atoms with Gasteiger partial charge in [0.2, 0.25) is 0 Å². The summed E-state index contributed by atoms with van der Waals surface area (Å²) in [5, 5.41) is 0. The second-order valence-corrected chi connectivity index (χ2v) is 27.8. The van der Waals surface area contributed by atoms with Gasteiger partial charge in [0.15, 0.2) is 31.2 Å². The third-order valence-corrected chi connectivity index (χ3v) is 9.88. The lowest BCUT2D eigenvalue weighted by Crippen LogP contribution is -2.66. The van der Waals surface area contributed by atoms with E-state index in [9.17, 15) is 4.57 Å². The maximum Gasteiger partial charge on any atom is 0.587 e. The van der Waals surface area contributed by atoms with Crippen LogP contribution in [0.3, 0.4) is 0 Å². The molecule has 0 aromatic heterocycles. The first-order chi connectivity index (χ1) is 19.0. The Morgan fingerprint density at radius 2 is 1.07 bits per heavy atom. The number of phosphoric acid groups is 1. The molecule has 0 bridgehead atoms. The van der Waals surface area contributed by atoms with Crippen molar-refractivity contribution in [2.24, 2.45) is 0 Å². The van der Waals surface area contributed by atoms with Crippen LogP contribution < -0.4 is 9.05 Å². The normalized spacial score (nSPS) is 24.2. The van der Waals surface area contributed by atoms with Gasteiger partial charge in [-0.25, -0.2) is 4.57 Å². The highest BCUT2D eigenvalue weighted by molar-refractivity contribution is 7.49. The minimum absolute atomic E-state index is 0.156. The molecule has 0 N–H and O–H groups in total. The molecule has 41 heavy (non-hydrogen) atoms. The van der Waals surface area contributed by atoms with Crippen molar-refractivity contribution >= 4 is 32.8 Å². The van der Waals surface area contributed by atoms with E-state index in [1.165, 1.54) is 0 Å². The van der Waals surface area contributed by atoms with E-state index in [1.54, 1.807) is 55.6 Å². The Labute approximate surface area is 248 Å². The van der Waals surface area contributed by atoms with Crippen LogP contribution >= 0.6 is 7.82 Å². The molecule has 3 rings (SSSR count). The maximum absolute atomic E-state index is 14.1. The highest BCUT2D eigenvalue weighted by Gasteiger charge is 2.52. The van der Waals surface area contributed by atoms with Gasteiger partial charge in [-0.1, -0.05) is 36.4 Å². The van der Waals surface area contributed by atoms with E-state index >= 15 is 0 Å². The number of benzene rings is 2. The smallest absolute Gasteiger partial charge is 0.409 e. The number of rotatable bonds is 14. The summed E-state index contributed by atoms with van der Waals surface area (Å²) in [6, 6.07) is 17.6. The molecule has 0 saturated carbocycles. The van der Waals surface area contributed by atoms with Crippen molar-refractivity contribution in [2.45, 2.75) is 89.6 Å².